The van der Waals surface area contributed by atoms with Crippen LogP contribution in [0, 0.1) is 11.6 Å². The number of nitrogens with zero attached hydrogens (tertiary/aromatic N) is 1. The van der Waals surface area contributed by atoms with Crippen LogP contribution in [0.2, 0.25) is 0 Å². The Balaban J connectivity index is 1.56. The fourth-order valence-electron chi connectivity index (χ4n) is 2.94. The van der Waals surface area contributed by atoms with E-state index in [9.17, 15) is 18.4 Å². The quantitative estimate of drug-likeness (QED) is 0.696. The summed E-state index contributed by atoms with van der Waals surface area (Å²) in [5.41, 5.74) is 1.35. The van der Waals surface area contributed by atoms with Crippen molar-refractivity contribution in [1.29, 1.82) is 0 Å². The third-order valence-electron chi connectivity index (χ3n) is 4.24. The second-order valence-corrected chi connectivity index (χ2v) is 7.14. The molecule has 1 aromatic heterocycles. The van der Waals surface area contributed by atoms with E-state index >= 15 is 0 Å². The van der Waals surface area contributed by atoms with Crippen molar-refractivity contribution in [3.8, 4) is 0 Å². The number of nitrogens with one attached hydrogen (secondary N) is 1. The standard InChI is InChI=1S/C20H14F2N2O3S/c21-13-5-8-16(15(22)10-13)24-18(25)11-28-20(24)12-3-6-14(7-4-12)23-19(26)17-2-1-9-27-17/h1-10,20H,11H2,(H,23,26)/t20-/m0/s1. The molecule has 0 spiro atoms. The van der Waals surface area contributed by atoms with E-state index in [2.05, 4.69) is 5.32 Å². The first kappa shape index (κ1) is 18.2. The first-order valence-corrected chi connectivity index (χ1v) is 9.41. The Hall–Kier alpha value is -3.13. The molecule has 1 atom stereocenters. The zero-order valence-corrected chi connectivity index (χ0v) is 15.2. The smallest absolute Gasteiger partial charge is 0.291 e. The molecular weight excluding hydrogens is 386 g/mol. The van der Waals surface area contributed by atoms with Gasteiger partial charge in [-0.2, -0.15) is 0 Å². The van der Waals surface area contributed by atoms with E-state index in [4.69, 9.17) is 4.42 Å². The lowest BCUT2D eigenvalue weighted by Gasteiger charge is -2.25. The molecule has 0 aliphatic carbocycles. The highest BCUT2D eigenvalue weighted by molar-refractivity contribution is 8.00. The normalized spacial score (nSPS) is 16.4. The molecule has 1 fully saturated rings. The number of thioether (sulfide) groups is 1. The molecule has 1 aliphatic rings. The highest BCUT2D eigenvalue weighted by Gasteiger charge is 2.35. The molecule has 0 bridgehead atoms. The lowest BCUT2D eigenvalue weighted by molar-refractivity contribution is -0.115. The molecule has 0 radical (unpaired) electrons. The average Bonchev–Trinajstić information content (AvgIpc) is 3.33. The van der Waals surface area contributed by atoms with E-state index in [1.165, 1.54) is 29.0 Å². The summed E-state index contributed by atoms with van der Waals surface area (Å²) < 4.78 is 32.5. The molecule has 0 unspecified atom stereocenters. The Labute approximate surface area is 163 Å². The van der Waals surface area contributed by atoms with Gasteiger partial charge in [0.15, 0.2) is 5.76 Å². The average molecular weight is 400 g/mol. The maximum atomic E-state index is 14.2. The van der Waals surface area contributed by atoms with Gasteiger partial charge in [0, 0.05) is 11.8 Å². The minimum Gasteiger partial charge on any atom is -0.459 e. The summed E-state index contributed by atoms with van der Waals surface area (Å²) in [6.45, 7) is 0. The number of hydrogen-bond donors (Lipinski definition) is 1. The predicted molar refractivity (Wildman–Crippen MR) is 102 cm³/mol. The van der Waals surface area contributed by atoms with Crippen molar-refractivity contribution in [2.45, 2.75) is 5.37 Å². The van der Waals surface area contributed by atoms with Crippen LogP contribution in [0.4, 0.5) is 20.2 Å². The van der Waals surface area contributed by atoms with Gasteiger partial charge in [0.05, 0.1) is 17.7 Å². The summed E-state index contributed by atoms with van der Waals surface area (Å²) >= 11 is 1.35. The molecule has 1 N–H and O–H groups in total. The van der Waals surface area contributed by atoms with Gasteiger partial charge in [-0.3, -0.25) is 14.5 Å². The number of anilines is 2. The summed E-state index contributed by atoms with van der Waals surface area (Å²) in [6.07, 6.45) is 1.41. The fraction of sp³-hybridized carbons (Fsp3) is 0.100. The van der Waals surface area contributed by atoms with E-state index in [1.807, 2.05) is 0 Å². The first-order chi connectivity index (χ1) is 13.5. The third-order valence-corrected chi connectivity index (χ3v) is 5.45. The Morgan fingerprint density at radius 1 is 1.14 bits per heavy atom. The van der Waals surface area contributed by atoms with Gasteiger partial charge < -0.3 is 9.73 Å². The first-order valence-electron chi connectivity index (χ1n) is 8.36. The zero-order valence-electron chi connectivity index (χ0n) is 14.4. The number of amides is 2. The molecule has 142 valence electrons. The number of halogens is 2. The van der Waals surface area contributed by atoms with Gasteiger partial charge in [0.1, 0.15) is 17.0 Å². The number of hydrogen-bond acceptors (Lipinski definition) is 4. The second-order valence-electron chi connectivity index (χ2n) is 6.08. The molecular formula is C20H14F2N2O3S. The van der Waals surface area contributed by atoms with E-state index in [1.54, 1.807) is 36.4 Å². The van der Waals surface area contributed by atoms with Gasteiger partial charge in [-0.1, -0.05) is 12.1 Å². The number of rotatable bonds is 4. The van der Waals surface area contributed by atoms with Gasteiger partial charge in [0.2, 0.25) is 5.91 Å². The van der Waals surface area contributed by atoms with Gasteiger partial charge >= 0.3 is 0 Å². The van der Waals surface area contributed by atoms with Gasteiger partial charge in [-0.05, 0) is 42.0 Å². The molecule has 1 aliphatic heterocycles. The molecule has 3 aromatic rings. The molecule has 4 rings (SSSR count). The molecule has 28 heavy (non-hydrogen) atoms. The van der Waals surface area contributed by atoms with Crippen LogP contribution < -0.4 is 10.2 Å². The Bertz CT molecular complexity index is 1020. The Kier molecular flexibility index (Phi) is 4.87. The Morgan fingerprint density at radius 2 is 1.93 bits per heavy atom. The molecule has 0 saturated carbocycles. The summed E-state index contributed by atoms with van der Waals surface area (Å²) in [7, 11) is 0. The van der Waals surface area contributed by atoms with Crippen molar-refractivity contribution in [2.24, 2.45) is 0 Å². The van der Waals surface area contributed by atoms with E-state index < -0.39 is 17.0 Å². The third kappa shape index (κ3) is 3.50. The van der Waals surface area contributed by atoms with Crippen LogP contribution in [-0.2, 0) is 4.79 Å². The van der Waals surface area contributed by atoms with Crippen LogP contribution in [0.15, 0.2) is 65.3 Å². The molecule has 1 saturated heterocycles. The number of furan rings is 1. The number of carbonyl (C=O) groups excluding carboxylic acids is 2. The van der Waals surface area contributed by atoms with E-state index in [0.717, 1.165) is 17.7 Å². The maximum absolute atomic E-state index is 14.2. The molecule has 2 heterocycles. The summed E-state index contributed by atoms with van der Waals surface area (Å²) in [4.78, 5) is 25.7. The fourth-order valence-corrected chi connectivity index (χ4v) is 4.11. The van der Waals surface area contributed by atoms with Crippen LogP contribution in [0.1, 0.15) is 21.5 Å². The number of carbonyl (C=O) groups is 2. The predicted octanol–water partition coefficient (Wildman–Crippen LogP) is 4.59. The minimum absolute atomic E-state index is 0.0385. The maximum Gasteiger partial charge on any atom is 0.291 e. The molecule has 2 amide bonds. The van der Waals surface area contributed by atoms with E-state index in [0.29, 0.717) is 5.69 Å². The van der Waals surface area contributed by atoms with Crippen LogP contribution in [0.5, 0.6) is 0 Å². The largest absolute Gasteiger partial charge is 0.459 e. The SMILES string of the molecule is O=C(Nc1ccc([C@@H]2SCC(=O)N2c2ccc(F)cc2F)cc1)c1ccco1. The van der Waals surface area contributed by atoms with Crippen molar-refractivity contribution in [2.75, 3.05) is 16.0 Å². The van der Waals surface area contributed by atoms with Crippen molar-refractivity contribution in [3.05, 3.63) is 83.8 Å². The van der Waals surface area contributed by atoms with Crippen molar-refractivity contribution in [1.82, 2.24) is 0 Å². The molecule has 2 aromatic carbocycles. The topological polar surface area (TPSA) is 62.6 Å². The lowest BCUT2D eigenvalue weighted by atomic mass is 10.1. The monoisotopic (exact) mass is 400 g/mol. The summed E-state index contributed by atoms with van der Waals surface area (Å²) in [6, 6.07) is 13.2. The van der Waals surface area contributed by atoms with Crippen molar-refractivity contribution >= 4 is 35.0 Å². The van der Waals surface area contributed by atoms with Gasteiger partial charge in [0.25, 0.3) is 5.91 Å². The van der Waals surface area contributed by atoms with Crippen molar-refractivity contribution < 1.29 is 22.8 Å². The zero-order chi connectivity index (χ0) is 19.7. The van der Waals surface area contributed by atoms with Crippen molar-refractivity contribution in [3.63, 3.8) is 0 Å². The number of benzene rings is 2. The van der Waals surface area contributed by atoms with Crippen LogP contribution in [0.25, 0.3) is 0 Å². The highest BCUT2D eigenvalue weighted by atomic mass is 32.2. The lowest BCUT2D eigenvalue weighted by Crippen LogP contribution is -2.28. The summed E-state index contributed by atoms with van der Waals surface area (Å²) in [5, 5.41) is 2.27. The second kappa shape index (κ2) is 7.47. The van der Waals surface area contributed by atoms with Crippen LogP contribution in [-0.4, -0.2) is 17.6 Å². The van der Waals surface area contributed by atoms with Gasteiger partial charge in [-0.15, -0.1) is 11.8 Å². The van der Waals surface area contributed by atoms with E-state index in [-0.39, 0.29) is 29.0 Å². The van der Waals surface area contributed by atoms with Crippen LogP contribution >= 0.6 is 11.8 Å². The highest BCUT2D eigenvalue weighted by Crippen LogP contribution is 2.42. The molecule has 5 nitrogen and oxygen atoms in total. The molecule has 8 heteroatoms. The summed E-state index contributed by atoms with van der Waals surface area (Å²) in [5.74, 6) is -1.73. The van der Waals surface area contributed by atoms with Crippen LogP contribution in [0.3, 0.4) is 0 Å². The minimum atomic E-state index is -0.789. The van der Waals surface area contributed by atoms with Gasteiger partial charge in [-0.25, -0.2) is 8.78 Å². The Morgan fingerprint density at radius 3 is 2.61 bits per heavy atom.